The van der Waals surface area contributed by atoms with E-state index in [1.54, 1.807) is 0 Å². The number of nitrogens with two attached hydrogens (primary N) is 3. The van der Waals surface area contributed by atoms with Gasteiger partial charge in [0.05, 0.1) is 13.2 Å². The fourth-order valence-electron chi connectivity index (χ4n) is 1.45. The van der Waals surface area contributed by atoms with Crippen LogP contribution in [0.3, 0.4) is 0 Å². The molecule has 10 N–H and O–H groups in total. The zero-order valence-corrected chi connectivity index (χ0v) is 11.0. The molecule has 0 atom stereocenters. The second kappa shape index (κ2) is 12.6. The number of aliphatic hydroxyl groups is 2. The molecule has 0 saturated heterocycles. The van der Waals surface area contributed by atoms with E-state index >= 15 is 0 Å². The van der Waals surface area contributed by atoms with Crippen LogP contribution in [0, 0.1) is 5.41 Å². The average molecular weight is 271 g/mol. The molecule has 0 aliphatic heterocycles. The Morgan fingerprint density at radius 2 is 1.18 bits per heavy atom. The predicted molar refractivity (Wildman–Crippen MR) is 68.7 cm³/mol. The van der Waals surface area contributed by atoms with E-state index in [0.29, 0.717) is 13.1 Å². The van der Waals surface area contributed by atoms with E-state index in [1.165, 1.54) is 0 Å². The average Bonchev–Trinajstić information content (AvgIpc) is 2.30. The van der Waals surface area contributed by atoms with Gasteiger partial charge in [-0.3, -0.25) is 5.50 Å². The van der Waals surface area contributed by atoms with E-state index in [0.717, 1.165) is 25.7 Å². The van der Waals surface area contributed by atoms with Gasteiger partial charge in [0.25, 0.3) is 0 Å². The molecule has 0 aliphatic rings. The van der Waals surface area contributed by atoms with Gasteiger partial charge in [0.1, 0.15) is 0 Å². The second-order valence-corrected chi connectivity index (χ2v) is 4.56. The molecule has 0 aromatic carbocycles. The van der Waals surface area contributed by atoms with Crippen LogP contribution in [0.15, 0.2) is 0 Å². The molecule has 0 saturated carbocycles. The van der Waals surface area contributed by atoms with Crippen LogP contribution in [0.1, 0.15) is 25.7 Å². The summed E-state index contributed by atoms with van der Waals surface area (Å²) in [5, 5.41) is 18.4. The van der Waals surface area contributed by atoms with Crippen molar-refractivity contribution < 1.29 is 20.0 Å². The number of hydrogen-bond acceptors (Lipinski definition) is 7. The Hall–Kier alpha value is 0.150. The molecule has 0 amide bonds. The Morgan fingerprint density at radius 1 is 0.882 bits per heavy atom. The van der Waals surface area contributed by atoms with Crippen molar-refractivity contribution in [3.63, 3.8) is 0 Å². The van der Waals surface area contributed by atoms with Crippen molar-refractivity contribution in [2.45, 2.75) is 25.7 Å². The maximum atomic E-state index is 9.19. The van der Waals surface area contributed by atoms with Crippen molar-refractivity contribution in [3.8, 4) is 0 Å². The lowest BCUT2D eigenvalue weighted by molar-refractivity contribution is 0.0375. The van der Waals surface area contributed by atoms with Gasteiger partial charge in [-0.2, -0.15) is 0 Å². The summed E-state index contributed by atoms with van der Waals surface area (Å²) in [6, 6.07) is 0. The molecule has 0 heterocycles. The largest absolute Gasteiger partial charge is 0.396 e. The normalized spacial score (nSPS) is 11.3. The Labute approximate surface area is 104 Å². The van der Waals surface area contributed by atoms with Crippen LogP contribution in [0.5, 0.6) is 0 Å². The molecule has 7 nitrogen and oxygen atoms in total. The molecular weight excluding hydrogens is 245 g/mol. The minimum absolute atomic E-state index is 0.0174. The summed E-state index contributed by atoms with van der Waals surface area (Å²) in [7, 11) is -2.12. The maximum absolute atomic E-state index is 9.19. The van der Waals surface area contributed by atoms with Crippen molar-refractivity contribution in [1.29, 1.82) is 0 Å². The summed E-state index contributed by atoms with van der Waals surface area (Å²) in [6.07, 6.45) is 3.23. The molecule has 0 radical (unpaired) electrons. The number of hydrogen-bond donors (Lipinski definition) is 7. The fraction of sp³-hybridized carbons (Fsp3) is 1.00. The van der Waals surface area contributed by atoms with Gasteiger partial charge in [-0.05, 0) is 38.8 Å². The van der Waals surface area contributed by atoms with Gasteiger partial charge in [0.15, 0.2) is 0 Å². The zero-order chi connectivity index (χ0) is 13.7. The first-order valence-electron chi connectivity index (χ1n) is 5.52. The molecule has 0 unspecified atom stereocenters. The molecule has 0 fully saturated rings. The van der Waals surface area contributed by atoms with Gasteiger partial charge in [-0.15, -0.1) is 0 Å². The van der Waals surface area contributed by atoms with Crippen LogP contribution < -0.4 is 17.0 Å². The molecule has 8 heteroatoms. The number of rotatable bonds is 8. The highest BCUT2D eigenvalue weighted by Crippen LogP contribution is 2.28. The lowest BCUT2D eigenvalue weighted by Gasteiger charge is -2.29. The minimum atomic E-state index is -2.12. The second-order valence-electron chi connectivity index (χ2n) is 3.92. The zero-order valence-electron chi connectivity index (χ0n) is 10.1. The van der Waals surface area contributed by atoms with E-state index in [4.69, 9.17) is 21.3 Å². The van der Waals surface area contributed by atoms with Crippen LogP contribution >= 0.6 is 8.53 Å². The first kappa shape index (κ1) is 19.5. The third-order valence-corrected chi connectivity index (χ3v) is 2.49. The van der Waals surface area contributed by atoms with Crippen molar-refractivity contribution >= 4 is 8.53 Å². The molecule has 0 aromatic rings. The van der Waals surface area contributed by atoms with Crippen LogP contribution in [0.25, 0.3) is 0 Å². The lowest BCUT2D eigenvalue weighted by Crippen LogP contribution is -2.31. The van der Waals surface area contributed by atoms with Gasteiger partial charge in [-0.25, -0.2) is 0 Å². The van der Waals surface area contributed by atoms with Crippen LogP contribution in [0.2, 0.25) is 0 Å². The van der Waals surface area contributed by atoms with Crippen molar-refractivity contribution in [2.24, 2.45) is 22.4 Å². The van der Waals surface area contributed by atoms with E-state index in [-0.39, 0.29) is 18.6 Å². The third kappa shape index (κ3) is 12.4. The maximum Gasteiger partial charge on any atom is 0.247 e. The Bertz CT molecular complexity index is 146. The van der Waals surface area contributed by atoms with Crippen molar-refractivity contribution in [1.82, 2.24) is 0 Å². The molecule has 0 bridgehead atoms. The standard InChI is InChI=1S/C9H22N2O2.H4NO2P/c10-5-1-3-9(7-12,8-13)4-2-6-11;1-4(2)3/h12-13H,1-8,10-11H2;2-3H,1H2. The molecule has 0 spiro atoms. The van der Waals surface area contributed by atoms with Gasteiger partial charge in [0, 0.05) is 5.41 Å². The molecule has 0 aliphatic carbocycles. The van der Waals surface area contributed by atoms with Gasteiger partial charge < -0.3 is 31.5 Å². The predicted octanol–water partition coefficient (Wildman–Crippen LogP) is -1.41. The first-order chi connectivity index (χ1) is 7.97. The SMILES string of the molecule is NCCCC(CO)(CO)CCCN.NP(O)O. The Morgan fingerprint density at radius 3 is 1.35 bits per heavy atom. The van der Waals surface area contributed by atoms with Gasteiger partial charge >= 0.3 is 0 Å². The van der Waals surface area contributed by atoms with Gasteiger partial charge in [0.2, 0.25) is 8.53 Å². The summed E-state index contributed by atoms with van der Waals surface area (Å²) >= 11 is 0. The highest BCUT2D eigenvalue weighted by Gasteiger charge is 2.27. The minimum Gasteiger partial charge on any atom is -0.396 e. The molecule has 0 aromatic heterocycles. The Kier molecular flexibility index (Phi) is 14.4. The summed E-state index contributed by atoms with van der Waals surface area (Å²) in [6.45, 7) is 1.24. The van der Waals surface area contributed by atoms with E-state index in [2.05, 4.69) is 5.50 Å². The van der Waals surface area contributed by atoms with Crippen molar-refractivity contribution in [3.05, 3.63) is 0 Å². The molecule has 17 heavy (non-hydrogen) atoms. The molecular formula is C9H26N3O4P. The van der Waals surface area contributed by atoms with Crippen LogP contribution in [-0.4, -0.2) is 46.3 Å². The first-order valence-corrected chi connectivity index (χ1v) is 6.84. The smallest absolute Gasteiger partial charge is 0.247 e. The number of aliphatic hydroxyl groups excluding tert-OH is 2. The van der Waals surface area contributed by atoms with Crippen LogP contribution in [-0.2, 0) is 0 Å². The molecule has 0 rings (SSSR count). The van der Waals surface area contributed by atoms with Gasteiger partial charge in [-0.1, -0.05) is 0 Å². The topological polar surface area (TPSA) is 159 Å². The monoisotopic (exact) mass is 271 g/mol. The lowest BCUT2D eigenvalue weighted by atomic mass is 9.80. The van der Waals surface area contributed by atoms with E-state index < -0.39 is 8.53 Å². The Balaban J connectivity index is 0. The summed E-state index contributed by atoms with van der Waals surface area (Å²) in [4.78, 5) is 14.9. The van der Waals surface area contributed by atoms with Crippen LogP contribution in [0.4, 0.5) is 0 Å². The summed E-state index contributed by atoms with van der Waals surface area (Å²) in [5.74, 6) is 0. The van der Waals surface area contributed by atoms with Crippen molar-refractivity contribution in [2.75, 3.05) is 26.3 Å². The third-order valence-electron chi connectivity index (χ3n) is 2.49. The highest BCUT2D eigenvalue weighted by atomic mass is 31.2. The highest BCUT2D eigenvalue weighted by molar-refractivity contribution is 7.42. The quantitative estimate of drug-likeness (QED) is 0.267. The summed E-state index contributed by atoms with van der Waals surface area (Å²) in [5.41, 5.74) is 14.7. The fourth-order valence-corrected chi connectivity index (χ4v) is 1.45. The summed E-state index contributed by atoms with van der Waals surface area (Å²) < 4.78 is 0. The van der Waals surface area contributed by atoms with E-state index in [1.807, 2.05) is 0 Å². The van der Waals surface area contributed by atoms with E-state index in [9.17, 15) is 10.2 Å². The molecule has 106 valence electrons.